The lowest BCUT2D eigenvalue weighted by molar-refractivity contribution is 0.303. The zero-order valence-electron chi connectivity index (χ0n) is 10.2. The molecule has 1 rings (SSSR count). The van der Waals surface area contributed by atoms with E-state index in [4.69, 9.17) is 0 Å². The molecule has 0 spiro atoms. The van der Waals surface area contributed by atoms with Gasteiger partial charge in [-0.3, -0.25) is 0 Å². The Morgan fingerprint density at radius 1 is 1.19 bits per heavy atom. The normalized spacial score (nSPS) is 10.8. The van der Waals surface area contributed by atoms with Crippen molar-refractivity contribution in [3.63, 3.8) is 0 Å². The second-order valence-electron chi connectivity index (χ2n) is 3.79. The summed E-state index contributed by atoms with van der Waals surface area (Å²) in [5.41, 5.74) is 0.599. The van der Waals surface area contributed by atoms with Gasteiger partial charge in [-0.05, 0) is 38.2 Å². The average molecular weight is 224 g/mol. The summed E-state index contributed by atoms with van der Waals surface area (Å²) >= 11 is 0. The molecule has 16 heavy (non-hydrogen) atoms. The van der Waals surface area contributed by atoms with Crippen LogP contribution in [0.4, 0.5) is 10.1 Å². The number of nitrogens with one attached hydrogen (secondary N) is 1. The van der Waals surface area contributed by atoms with E-state index in [2.05, 4.69) is 24.1 Å². The van der Waals surface area contributed by atoms with Crippen molar-refractivity contribution in [3.8, 4) is 0 Å². The van der Waals surface area contributed by atoms with Gasteiger partial charge >= 0.3 is 0 Å². The molecule has 1 aromatic carbocycles. The SMILES string of the molecule is CCN(CC)CCCNc1ccccc1F. The molecule has 0 amide bonds. The zero-order valence-corrected chi connectivity index (χ0v) is 10.2. The number of nitrogens with zero attached hydrogens (tertiary/aromatic N) is 1. The van der Waals surface area contributed by atoms with E-state index in [-0.39, 0.29) is 5.82 Å². The zero-order chi connectivity index (χ0) is 11.8. The second-order valence-corrected chi connectivity index (χ2v) is 3.79. The molecule has 0 fully saturated rings. The van der Waals surface area contributed by atoms with Gasteiger partial charge in [0.15, 0.2) is 0 Å². The highest BCUT2D eigenvalue weighted by molar-refractivity contribution is 5.44. The van der Waals surface area contributed by atoms with Gasteiger partial charge in [-0.1, -0.05) is 26.0 Å². The van der Waals surface area contributed by atoms with Crippen LogP contribution in [0.5, 0.6) is 0 Å². The first kappa shape index (κ1) is 13.0. The monoisotopic (exact) mass is 224 g/mol. The van der Waals surface area contributed by atoms with Gasteiger partial charge in [0.25, 0.3) is 0 Å². The summed E-state index contributed by atoms with van der Waals surface area (Å²) in [7, 11) is 0. The van der Waals surface area contributed by atoms with Crippen molar-refractivity contribution in [1.29, 1.82) is 0 Å². The molecular weight excluding hydrogens is 203 g/mol. The predicted molar refractivity (Wildman–Crippen MR) is 67.3 cm³/mol. The molecule has 3 heteroatoms. The van der Waals surface area contributed by atoms with Crippen molar-refractivity contribution in [2.45, 2.75) is 20.3 Å². The molecule has 0 radical (unpaired) electrons. The van der Waals surface area contributed by atoms with E-state index in [1.165, 1.54) is 6.07 Å². The van der Waals surface area contributed by atoms with Gasteiger partial charge < -0.3 is 10.2 Å². The second kappa shape index (κ2) is 7.23. The van der Waals surface area contributed by atoms with Crippen LogP contribution in [-0.4, -0.2) is 31.1 Å². The van der Waals surface area contributed by atoms with Crippen molar-refractivity contribution in [3.05, 3.63) is 30.1 Å². The maximum atomic E-state index is 13.2. The fourth-order valence-corrected chi connectivity index (χ4v) is 1.67. The lowest BCUT2D eigenvalue weighted by Crippen LogP contribution is -2.25. The van der Waals surface area contributed by atoms with Crippen molar-refractivity contribution in [2.24, 2.45) is 0 Å². The highest BCUT2D eigenvalue weighted by atomic mass is 19.1. The summed E-state index contributed by atoms with van der Waals surface area (Å²) in [6, 6.07) is 6.80. The fraction of sp³-hybridized carbons (Fsp3) is 0.538. The van der Waals surface area contributed by atoms with E-state index in [1.807, 2.05) is 6.07 Å². The lowest BCUT2D eigenvalue weighted by atomic mass is 10.3. The Morgan fingerprint density at radius 2 is 1.88 bits per heavy atom. The van der Waals surface area contributed by atoms with E-state index in [0.29, 0.717) is 5.69 Å². The number of hydrogen-bond donors (Lipinski definition) is 1. The Labute approximate surface area is 97.5 Å². The Kier molecular flexibility index (Phi) is 5.86. The van der Waals surface area contributed by atoms with Crippen LogP contribution in [-0.2, 0) is 0 Å². The van der Waals surface area contributed by atoms with Gasteiger partial charge in [0.2, 0.25) is 0 Å². The molecule has 0 aliphatic rings. The standard InChI is InChI=1S/C13H21FN2/c1-3-16(4-2)11-7-10-15-13-9-6-5-8-12(13)14/h5-6,8-9,15H,3-4,7,10-11H2,1-2H3. The molecule has 1 aromatic rings. The molecule has 0 aliphatic heterocycles. The summed E-state index contributed by atoms with van der Waals surface area (Å²) in [4.78, 5) is 2.36. The third-order valence-electron chi connectivity index (χ3n) is 2.73. The number of para-hydroxylation sites is 1. The van der Waals surface area contributed by atoms with Gasteiger partial charge in [0, 0.05) is 6.54 Å². The summed E-state index contributed by atoms with van der Waals surface area (Å²) in [5.74, 6) is -0.176. The highest BCUT2D eigenvalue weighted by Gasteiger charge is 2.00. The third-order valence-corrected chi connectivity index (χ3v) is 2.73. The molecule has 0 bridgehead atoms. The number of hydrogen-bond acceptors (Lipinski definition) is 2. The quantitative estimate of drug-likeness (QED) is 0.716. The molecular formula is C13H21FN2. The number of benzene rings is 1. The Balaban J connectivity index is 2.23. The maximum Gasteiger partial charge on any atom is 0.146 e. The number of halogens is 1. The van der Waals surface area contributed by atoms with Gasteiger partial charge in [-0.25, -0.2) is 4.39 Å². The van der Waals surface area contributed by atoms with Crippen LogP contribution in [0, 0.1) is 5.82 Å². The average Bonchev–Trinajstić information content (AvgIpc) is 2.31. The van der Waals surface area contributed by atoms with Crippen LogP contribution in [0.1, 0.15) is 20.3 Å². The molecule has 0 heterocycles. The summed E-state index contributed by atoms with van der Waals surface area (Å²) in [6.45, 7) is 8.36. The molecule has 2 nitrogen and oxygen atoms in total. The molecule has 0 unspecified atom stereocenters. The van der Waals surface area contributed by atoms with E-state index in [1.54, 1.807) is 12.1 Å². The fourth-order valence-electron chi connectivity index (χ4n) is 1.67. The minimum Gasteiger partial charge on any atom is -0.383 e. The first-order valence-corrected chi connectivity index (χ1v) is 5.98. The molecule has 0 saturated heterocycles. The van der Waals surface area contributed by atoms with E-state index >= 15 is 0 Å². The third kappa shape index (κ3) is 4.19. The molecule has 0 saturated carbocycles. The smallest absolute Gasteiger partial charge is 0.146 e. The van der Waals surface area contributed by atoms with Gasteiger partial charge in [-0.15, -0.1) is 0 Å². The van der Waals surface area contributed by atoms with Gasteiger partial charge in [-0.2, -0.15) is 0 Å². The van der Waals surface area contributed by atoms with Crippen LogP contribution >= 0.6 is 0 Å². The molecule has 90 valence electrons. The van der Waals surface area contributed by atoms with Gasteiger partial charge in [0.1, 0.15) is 5.82 Å². The Morgan fingerprint density at radius 3 is 2.50 bits per heavy atom. The largest absolute Gasteiger partial charge is 0.383 e. The van der Waals surface area contributed by atoms with Crippen molar-refractivity contribution in [1.82, 2.24) is 4.90 Å². The summed E-state index contributed by atoms with van der Waals surface area (Å²) in [5, 5.41) is 3.11. The Hall–Kier alpha value is -1.09. The van der Waals surface area contributed by atoms with Crippen LogP contribution in [0.2, 0.25) is 0 Å². The van der Waals surface area contributed by atoms with Crippen LogP contribution in [0.25, 0.3) is 0 Å². The topological polar surface area (TPSA) is 15.3 Å². The minimum atomic E-state index is -0.176. The van der Waals surface area contributed by atoms with E-state index in [9.17, 15) is 4.39 Å². The van der Waals surface area contributed by atoms with Gasteiger partial charge in [0.05, 0.1) is 5.69 Å². The minimum absolute atomic E-state index is 0.176. The maximum absolute atomic E-state index is 13.2. The van der Waals surface area contributed by atoms with E-state index < -0.39 is 0 Å². The van der Waals surface area contributed by atoms with E-state index in [0.717, 1.165) is 32.6 Å². The van der Waals surface area contributed by atoms with Crippen molar-refractivity contribution < 1.29 is 4.39 Å². The highest BCUT2D eigenvalue weighted by Crippen LogP contribution is 2.11. The van der Waals surface area contributed by atoms with Crippen LogP contribution in [0.15, 0.2) is 24.3 Å². The lowest BCUT2D eigenvalue weighted by Gasteiger charge is -2.17. The first-order chi connectivity index (χ1) is 7.77. The van der Waals surface area contributed by atoms with Crippen LogP contribution in [0.3, 0.4) is 0 Å². The summed E-state index contributed by atoms with van der Waals surface area (Å²) < 4.78 is 13.2. The predicted octanol–water partition coefficient (Wildman–Crippen LogP) is 2.97. The van der Waals surface area contributed by atoms with Crippen molar-refractivity contribution >= 4 is 5.69 Å². The molecule has 0 atom stereocenters. The molecule has 0 aromatic heterocycles. The van der Waals surface area contributed by atoms with Crippen LogP contribution < -0.4 is 5.32 Å². The molecule has 0 aliphatic carbocycles. The summed E-state index contributed by atoms with van der Waals surface area (Å²) in [6.07, 6.45) is 1.04. The first-order valence-electron chi connectivity index (χ1n) is 5.98. The Bertz CT molecular complexity index is 298. The number of rotatable bonds is 7. The van der Waals surface area contributed by atoms with Crippen molar-refractivity contribution in [2.75, 3.05) is 31.5 Å². The number of anilines is 1. The molecule has 1 N–H and O–H groups in total.